The summed E-state index contributed by atoms with van der Waals surface area (Å²) in [6, 6.07) is 2.05. The van der Waals surface area contributed by atoms with Gasteiger partial charge in [0.15, 0.2) is 0 Å². The Balaban J connectivity index is 2.43. The van der Waals surface area contributed by atoms with Crippen LogP contribution in [0.5, 0.6) is 0 Å². The Morgan fingerprint density at radius 1 is 1.41 bits per heavy atom. The second-order valence-corrected chi connectivity index (χ2v) is 4.54. The van der Waals surface area contributed by atoms with Crippen molar-refractivity contribution in [2.24, 2.45) is 5.41 Å². The zero-order valence-electron chi connectivity index (χ0n) is 9.86. The molecule has 1 rings (SSSR count). The van der Waals surface area contributed by atoms with Crippen molar-refractivity contribution in [2.45, 2.75) is 39.5 Å². The molecular formula is C11H14N2O4. The minimum absolute atomic E-state index is 0.00236. The first kappa shape index (κ1) is 13.2. The lowest BCUT2D eigenvalue weighted by molar-refractivity contribution is -0.197. The van der Waals surface area contributed by atoms with Gasteiger partial charge in [-0.05, 0) is 20.3 Å². The predicted molar refractivity (Wildman–Crippen MR) is 55.8 cm³/mol. The number of amides is 2. The topological polar surface area (TPSA) is 87.5 Å². The molecule has 0 aromatic carbocycles. The molecule has 1 aliphatic rings. The van der Waals surface area contributed by atoms with E-state index in [2.05, 4.69) is 10.9 Å². The molecule has 0 saturated carbocycles. The highest BCUT2D eigenvalue weighted by Crippen LogP contribution is 2.21. The van der Waals surface area contributed by atoms with Gasteiger partial charge in [0.05, 0.1) is 11.5 Å². The monoisotopic (exact) mass is 238 g/mol. The lowest BCUT2D eigenvalue weighted by Crippen LogP contribution is -2.32. The normalized spacial score (nSPS) is 15.9. The summed E-state index contributed by atoms with van der Waals surface area (Å²) in [7, 11) is 0. The molecule has 1 saturated heterocycles. The Bertz CT molecular complexity index is 379. The van der Waals surface area contributed by atoms with Crippen molar-refractivity contribution in [2.75, 3.05) is 0 Å². The smallest absolute Gasteiger partial charge is 0.330 e. The minimum atomic E-state index is -0.670. The molecule has 1 fully saturated rings. The first-order valence-corrected chi connectivity index (χ1v) is 5.33. The van der Waals surface area contributed by atoms with E-state index in [1.807, 2.05) is 0 Å². The number of nitrogens with zero attached hydrogens (tertiary/aromatic N) is 2. The third-order valence-electron chi connectivity index (χ3n) is 2.46. The lowest BCUT2D eigenvalue weighted by atomic mass is 9.90. The van der Waals surface area contributed by atoms with Crippen LogP contribution in [0.3, 0.4) is 0 Å². The lowest BCUT2D eigenvalue weighted by Gasteiger charge is -2.16. The van der Waals surface area contributed by atoms with Crippen molar-refractivity contribution in [3.8, 4) is 6.07 Å². The van der Waals surface area contributed by atoms with Crippen molar-refractivity contribution in [1.82, 2.24) is 5.06 Å². The van der Waals surface area contributed by atoms with E-state index in [1.165, 1.54) is 0 Å². The fourth-order valence-corrected chi connectivity index (χ4v) is 1.28. The maximum absolute atomic E-state index is 11.4. The SMILES string of the molecule is CC(C)(C#N)CCC(=O)ON1C(=O)CCC1=O. The Labute approximate surface area is 99.1 Å². The molecular weight excluding hydrogens is 224 g/mol. The van der Waals surface area contributed by atoms with Gasteiger partial charge in [-0.15, -0.1) is 5.06 Å². The van der Waals surface area contributed by atoms with Gasteiger partial charge in [0, 0.05) is 19.3 Å². The van der Waals surface area contributed by atoms with Crippen LogP contribution in [0.1, 0.15) is 39.5 Å². The summed E-state index contributed by atoms with van der Waals surface area (Å²) in [5, 5.41) is 9.27. The van der Waals surface area contributed by atoms with Crippen molar-refractivity contribution < 1.29 is 19.2 Å². The zero-order chi connectivity index (χ0) is 13.1. The van der Waals surface area contributed by atoms with Crippen LogP contribution in [0.25, 0.3) is 0 Å². The van der Waals surface area contributed by atoms with Crippen LogP contribution in [0.2, 0.25) is 0 Å². The van der Waals surface area contributed by atoms with Gasteiger partial charge in [0.2, 0.25) is 0 Å². The van der Waals surface area contributed by atoms with Crippen molar-refractivity contribution in [3.05, 3.63) is 0 Å². The van der Waals surface area contributed by atoms with Crippen LogP contribution >= 0.6 is 0 Å². The largest absolute Gasteiger partial charge is 0.333 e. The summed E-state index contributed by atoms with van der Waals surface area (Å²) in [6.07, 6.45) is 0.474. The molecule has 0 bridgehead atoms. The molecule has 1 aliphatic heterocycles. The quantitative estimate of drug-likeness (QED) is 0.679. The highest BCUT2D eigenvalue weighted by atomic mass is 16.7. The van der Waals surface area contributed by atoms with Crippen molar-refractivity contribution >= 4 is 17.8 Å². The molecule has 0 unspecified atom stereocenters. The van der Waals surface area contributed by atoms with Crippen LogP contribution in [0.4, 0.5) is 0 Å². The summed E-state index contributed by atoms with van der Waals surface area (Å²) >= 11 is 0. The molecule has 0 radical (unpaired) electrons. The third kappa shape index (κ3) is 3.55. The van der Waals surface area contributed by atoms with E-state index in [-0.39, 0.29) is 19.3 Å². The second-order valence-electron chi connectivity index (χ2n) is 4.54. The van der Waals surface area contributed by atoms with Crippen molar-refractivity contribution in [1.29, 1.82) is 5.26 Å². The van der Waals surface area contributed by atoms with Crippen LogP contribution in [-0.4, -0.2) is 22.8 Å². The molecule has 17 heavy (non-hydrogen) atoms. The van der Waals surface area contributed by atoms with Gasteiger partial charge in [-0.25, -0.2) is 4.79 Å². The summed E-state index contributed by atoms with van der Waals surface area (Å²) in [5.41, 5.74) is -0.627. The summed E-state index contributed by atoms with van der Waals surface area (Å²) < 4.78 is 0. The van der Waals surface area contributed by atoms with E-state index < -0.39 is 23.2 Å². The van der Waals surface area contributed by atoms with Crippen LogP contribution in [-0.2, 0) is 19.2 Å². The number of rotatable bonds is 4. The third-order valence-corrected chi connectivity index (χ3v) is 2.46. The molecule has 92 valence electrons. The van der Waals surface area contributed by atoms with Crippen LogP contribution in [0.15, 0.2) is 0 Å². The molecule has 1 heterocycles. The zero-order valence-corrected chi connectivity index (χ0v) is 9.86. The Hall–Kier alpha value is -1.90. The second kappa shape index (κ2) is 4.95. The number of carbonyl (C=O) groups is 3. The Kier molecular flexibility index (Phi) is 3.84. The van der Waals surface area contributed by atoms with Crippen LogP contribution in [0, 0.1) is 16.7 Å². The fourth-order valence-electron chi connectivity index (χ4n) is 1.28. The number of hydroxylamine groups is 2. The first-order chi connectivity index (χ1) is 7.85. The first-order valence-electron chi connectivity index (χ1n) is 5.33. The predicted octanol–water partition coefficient (Wildman–Crippen LogP) is 0.924. The van der Waals surface area contributed by atoms with Gasteiger partial charge in [0.25, 0.3) is 11.8 Å². The number of nitriles is 1. The number of hydrogen-bond acceptors (Lipinski definition) is 5. The molecule has 6 nitrogen and oxygen atoms in total. The van der Waals surface area contributed by atoms with E-state index in [9.17, 15) is 14.4 Å². The average molecular weight is 238 g/mol. The van der Waals surface area contributed by atoms with Gasteiger partial charge >= 0.3 is 5.97 Å². The highest BCUT2D eigenvalue weighted by molar-refractivity contribution is 6.01. The number of imide groups is 1. The number of hydrogen-bond donors (Lipinski definition) is 0. The van der Waals surface area contributed by atoms with Gasteiger partial charge in [-0.1, -0.05) is 0 Å². The van der Waals surface area contributed by atoms with Gasteiger partial charge in [0.1, 0.15) is 0 Å². The molecule has 0 aromatic heterocycles. The Morgan fingerprint density at radius 2 is 1.94 bits per heavy atom. The highest BCUT2D eigenvalue weighted by Gasteiger charge is 2.33. The molecule has 0 spiro atoms. The number of carbonyl (C=O) groups excluding carboxylic acids is 3. The Morgan fingerprint density at radius 3 is 2.41 bits per heavy atom. The summed E-state index contributed by atoms with van der Waals surface area (Å²) in [6.45, 7) is 3.40. The molecule has 0 aliphatic carbocycles. The molecule has 0 aromatic rings. The average Bonchev–Trinajstić information content (AvgIpc) is 2.58. The summed E-state index contributed by atoms with van der Waals surface area (Å²) in [5.74, 6) is -1.66. The van der Waals surface area contributed by atoms with E-state index in [0.717, 1.165) is 0 Å². The van der Waals surface area contributed by atoms with E-state index in [0.29, 0.717) is 11.5 Å². The maximum atomic E-state index is 11.4. The van der Waals surface area contributed by atoms with Gasteiger partial charge in [-0.2, -0.15) is 5.26 Å². The summed E-state index contributed by atoms with van der Waals surface area (Å²) in [4.78, 5) is 38.3. The maximum Gasteiger partial charge on any atom is 0.333 e. The van der Waals surface area contributed by atoms with Gasteiger partial charge < -0.3 is 4.84 Å². The minimum Gasteiger partial charge on any atom is -0.330 e. The molecule has 0 N–H and O–H groups in total. The van der Waals surface area contributed by atoms with Crippen molar-refractivity contribution in [3.63, 3.8) is 0 Å². The van der Waals surface area contributed by atoms with E-state index >= 15 is 0 Å². The van der Waals surface area contributed by atoms with E-state index in [4.69, 9.17) is 5.26 Å². The molecule has 6 heteroatoms. The van der Waals surface area contributed by atoms with Gasteiger partial charge in [-0.3, -0.25) is 9.59 Å². The van der Waals surface area contributed by atoms with Crippen LogP contribution < -0.4 is 0 Å². The standard InChI is InChI=1S/C11H14N2O4/c1-11(2,7-12)6-5-10(16)17-13-8(14)3-4-9(13)15/h3-6H2,1-2H3. The molecule has 0 atom stereocenters. The van der Waals surface area contributed by atoms with E-state index in [1.54, 1.807) is 13.8 Å². The fraction of sp³-hybridized carbons (Fsp3) is 0.636. The molecule has 2 amide bonds.